The van der Waals surface area contributed by atoms with E-state index >= 15 is 0 Å². The van der Waals surface area contributed by atoms with Gasteiger partial charge in [0.1, 0.15) is 0 Å². The normalized spacial score (nSPS) is 18.3. The zero-order chi connectivity index (χ0) is 13.4. The molecule has 2 N–H and O–H groups in total. The molecular formula is C14H17N3OS. The molecule has 0 saturated carbocycles. The predicted octanol–water partition coefficient (Wildman–Crippen LogP) is 1.48. The first kappa shape index (κ1) is 12.6. The average Bonchev–Trinajstić information content (AvgIpc) is 2.78. The molecule has 1 atom stereocenters. The maximum atomic E-state index is 12.1. The number of aryl methyl sites for hydroxylation is 1. The Hall–Kier alpha value is -1.46. The van der Waals surface area contributed by atoms with E-state index in [1.165, 1.54) is 5.56 Å². The van der Waals surface area contributed by atoms with Crippen LogP contribution in [-0.2, 0) is 19.4 Å². The van der Waals surface area contributed by atoms with E-state index in [2.05, 4.69) is 4.98 Å². The minimum atomic E-state index is 0.0554. The van der Waals surface area contributed by atoms with Crippen LogP contribution in [0.15, 0.2) is 22.3 Å². The summed E-state index contributed by atoms with van der Waals surface area (Å²) in [7, 11) is 0. The number of rotatable bonds is 2. The highest BCUT2D eigenvalue weighted by atomic mass is 32.1. The third-order valence-electron chi connectivity index (χ3n) is 3.61. The van der Waals surface area contributed by atoms with E-state index in [-0.39, 0.29) is 11.6 Å². The lowest BCUT2D eigenvalue weighted by Crippen LogP contribution is -2.33. The molecule has 100 valence electrons. The van der Waals surface area contributed by atoms with Crippen LogP contribution in [0, 0.1) is 6.92 Å². The van der Waals surface area contributed by atoms with Crippen LogP contribution < -0.4 is 11.3 Å². The highest BCUT2D eigenvalue weighted by Crippen LogP contribution is 2.20. The number of pyridine rings is 1. The first-order chi connectivity index (χ1) is 9.13. The molecule has 1 aliphatic rings. The second-order valence-electron chi connectivity index (χ2n) is 5.09. The molecule has 5 heteroatoms. The summed E-state index contributed by atoms with van der Waals surface area (Å²) in [5.74, 6) is 0. The molecule has 0 saturated heterocycles. The SMILES string of the molecule is Cc1nc(Cn2c3c(ccc2=O)C[C@H](N)CC3)cs1. The summed E-state index contributed by atoms with van der Waals surface area (Å²) in [4.78, 5) is 16.5. The Bertz CT molecular complexity index is 659. The lowest BCUT2D eigenvalue weighted by Gasteiger charge is -2.24. The van der Waals surface area contributed by atoms with Gasteiger partial charge in [-0.1, -0.05) is 6.07 Å². The summed E-state index contributed by atoms with van der Waals surface area (Å²) in [5, 5.41) is 3.06. The van der Waals surface area contributed by atoms with Gasteiger partial charge >= 0.3 is 0 Å². The van der Waals surface area contributed by atoms with Crippen molar-refractivity contribution < 1.29 is 0 Å². The number of fused-ring (bicyclic) bond motifs is 1. The fraction of sp³-hybridized carbons (Fsp3) is 0.429. The summed E-state index contributed by atoms with van der Waals surface area (Å²) in [6.45, 7) is 2.55. The zero-order valence-electron chi connectivity index (χ0n) is 10.9. The van der Waals surface area contributed by atoms with Gasteiger partial charge in [-0.05, 0) is 31.7 Å². The summed E-state index contributed by atoms with van der Waals surface area (Å²) in [6, 6.07) is 3.80. The third kappa shape index (κ3) is 2.48. The van der Waals surface area contributed by atoms with Crippen LogP contribution in [0.25, 0.3) is 0 Å². The molecule has 0 fully saturated rings. The van der Waals surface area contributed by atoms with E-state index in [9.17, 15) is 4.79 Å². The average molecular weight is 275 g/mol. The van der Waals surface area contributed by atoms with Crippen LogP contribution in [0.3, 0.4) is 0 Å². The number of nitrogens with zero attached hydrogens (tertiary/aromatic N) is 2. The molecule has 3 rings (SSSR count). The molecule has 0 aliphatic heterocycles. The van der Waals surface area contributed by atoms with Gasteiger partial charge in [0.05, 0.1) is 17.2 Å². The lowest BCUT2D eigenvalue weighted by molar-refractivity contribution is 0.535. The van der Waals surface area contributed by atoms with Crippen molar-refractivity contribution >= 4 is 11.3 Å². The van der Waals surface area contributed by atoms with Gasteiger partial charge in [-0.25, -0.2) is 4.98 Å². The van der Waals surface area contributed by atoms with Crippen LogP contribution in [0.2, 0.25) is 0 Å². The molecule has 4 nitrogen and oxygen atoms in total. The Balaban J connectivity index is 2.01. The van der Waals surface area contributed by atoms with Crippen molar-refractivity contribution in [2.45, 2.75) is 38.8 Å². The molecular weight excluding hydrogens is 258 g/mol. The van der Waals surface area contributed by atoms with Gasteiger partial charge in [-0.15, -0.1) is 11.3 Å². The minimum absolute atomic E-state index is 0.0554. The minimum Gasteiger partial charge on any atom is -0.327 e. The molecule has 1 aliphatic carbocycles. The van der Waals surface area contributed by atoms with E-state index < -0.39 is 0 Å². The second-order valence-corrected chi connectivity index (χ2v) is 6.15. The van der Waals surface area contributed by atoms with Crippen molar-refractivity contribution in [3.63, 3.8) is 0 Å². The standard InChI is InChI=1S/C14H17N3OS/c1-9-16-12(8-19-9)7-17-13-4-3-11(15)6-10(13)2-5-14(17)18/h2,5,8,11H,3-4,6-7,15H2,1H3/t11-/m1/s1. The summed E-state index contributed by atoms with van der Waals surface area (Å²) in [6.07, 6.45) is 2.70. The Morgan fingerprint density at radius 2 is 2.37 bits per heavy atom. The first-order valence-electron chi connectivity index (χ1n) is 6.51. The Kier molecular flexibility index (Phi) is 3.24. The van der Waals surface area contributed by atoms with Crippen LogP contribution >= 0.6 is 11.3 Å². The molecule has 0 radical (unpaired) electrons. The van der Waals surface area contributed by atoms with E-state index in [4.69, 9.17) is 5.73 Å². The highest BCUT2D eigenvalue weighted by molar-refractivity contribution is 7.09. The Labute approximate surface area is 115 Å². The van der Waals surface area contributed by atoms with E-state index in [0.29, 0.717) is 6.54 Å². The Morgan fingerprint density at radius 3 is 3.11 bits per heavy atom. The van der Waals surface area contributed by atoms with Gasteiger partial charge in [0.15, 0.2) is 0 Å². The highest BCUT2D eigenvalue weighted by Gasteiger charge is 2.19. The van der Waals surface area contributed by atoms with Crippen molar-refractivity contribution in [1.29, 1.82) is 0 Å². The Morgan fingerprint density at radius 1 is 1.53 bits per heavy atom. The molecule has 2 aromatic rings. The number of nitrogens with two attached hydrogens (primary N) is 1. The van der Waals surface area contributed by atoms with Crippen LogP contribution in [0.4, 0.5) is 0 Å². The van der Waals surface area contributed by atoms with E-state index in [1.807, 2.05) is 22.9 Å². The fourth-order valence-electron chi connectivity index (χ4n) is 2.67. The monoisotopic (exact) mass is 275 g/mol. The van der Waals surface area contributed by atoms with Gasteiger partial charge in [0, 0.05) is 23.2 Å². The molecule has 0 amide bonds. The number of hydrogen-bond acceptors (Lipinski definition) is 4. The van der Waals surface area contributed by atoms with Gasteiger partial charge < -0.3 is 10.3 Å². The number of thiazole rings is 1. The second kappa shape index (κ2) is 4.90. The maximum Gasteiger partial charge on any atom is 0.251 e. The topological polar surface area (TPSA) is 60.9 Å². The number of hydrogen-bond donors (Lipinski definition) is 1. The van der Waals surface area contributed by atoms with Gasteiger partial charge in [-0.2, -0.15) is 0 Å². The molecule has 0 aromatic carbocycles. The van der Waals surface area contributed by atoms with E-state index in [1.54, 1.807) is 17.4 Å². The van der Waals surface area contributed by atoms with Gasteiger partial charge in [-0.3, -0.25) is 4.79 Å². The van der Waals surface area contributed by atoms with Crippen LogP contribution in [0.1, 0.15) is 28.4 Å². The molecule has 0 unspecified atom stereocenters. The van der Waals surface area contributed by atoms with Crippen molar-refractivity contribution in [3.8, 4) is 0 Å². The summed E-state index contributed by atoms with van der Waals surface area (Å²) >= 11 is 1.62. The largest absolute Gasteiger partial charge is 0.327 e. The molecule has 0 bridgehead atoms. The van der Waals surface area contributed by atoms with Crippen molar-refractivity contribution in [2.75, 3.05) is 0 Å². The smallest absolute Gasteiger partial charge is 0.251 e. The van der Waals surface area contributed by atoms with E-state index in [0.717, 1.165) is 35.7 Å². The lowest BCUT2D eigenvalue weighted by atomic mass is 9.92. The van der Waals surface area contributed by atoms with Crippen LogP contribution in [0.5, 0.6) is 0 Å². The summed E-state index contributed by atoms with van der Waals surface area (Å²) in [5.41, 5.74) is 9.37. The predicted molar refractivity (Wildman–Crippen MR) is 76.7 cm³/mol. The van der Waals surface area contributed by atoms with Crippen molar-refractivity contribution in [3.05, 3.63) is 49.8 Å². The molecule has 19 heavy (non-hydrogen) atoms. The quantitative estimate of drug-likeness (QED) is 0.903. The van der Waals surface area contributed by atoms with Gasteiger partial charge in [0.2, 0.25) is 0 Å². The zero-order valence-corrected chi connectivity index (χ0v) is 11.7. The van der Waals surface area contributed by atoms with Crippen molar-refractivity contribution in [1.82, 2.24) is 9.55 Å². The van der Waals surface area contributed by atoms with Crippen LogP contribution in [-0.4, -0.2) is 15.6 Å². The third-order valence-corrected chi connectivity index (χ3v) is 4.43. The van der Waals surface area contributed by atoms with Crippen molar-refractivity contribution in [2.24, 2.45) is 5.73 Å². The molecule has 2 aromatic heterocycles. The molecule has 0 spiro atoms. The maximum absolute atomic E-state index is 12.1. The van der Waals surface area contributed by atoms with Gasteiger partial charge in [0.25, 0.3) is 5.56 Å². The fourth-order valence-corrected chi connectivity index (χ4v) is 3.27. The summed E-state index contributed by atoms with van der Waals surface area (Å²) < 4.78 is 1.86. The number of aromatic nitrogens is 2. The molecule has 2 heterocycles. The first-order valence-corrected chi connectivity index (χ1v) is 7.39.